The summed E-state index contributed by atoms with van der Waals surface area (Å²) in [5.41, 5.74) is 10.6. The molecule has 0 atom stereocenters. The van der Waals surface area contributed by atoms with E-state index in [-0.39, 0.29) is 11.2 Å². The highest BCUT2D eigenvalue weighted by molar-refractivity contribution is 5.83. The van der Waals surface area contributed by atoms with Crippen LogP contribution in [0.15, 0.2) is 73.1 Å². The van der Waals surface area contributed by atoms with Crippen LogP contribution in [0.3, 0.4) is 0 Å². The number of aryl methyl sites for hydroxylation is 2. The third-order valence-corrected chi connectivity index (χ3v) is 6.31. The zero-order chi connectivity index (χ0) is 21.0. The molecule has 0 spiro atoms. The first-order valence-electron chi connectivity index (χ1n) is 10.2. The number of fused-ring (bicyclic) bond motifs is 3. The molecule has 148 valence electrons. The minimum Gasteiger partial charge on any atom is -0.260 e. The Labute approximate surface area is 176 Å². The summed E-state index contributed by atoms with van der Waals surface area (Å²) in [6.07, 6.45) is 3.99. The van der Waals surface area contributed by atoms with E-state index < -0.39 is 0 Å². The molecular weight excluding hydrogens is 371 g/mol. The number of aromatic nitrogens is 2. The Morgan fingerprint density at radius 1 is 0.867 bits per heavy atom. The molecule has 0 aliphatic heterocycles. The maximum absolute atomic E-state index is 13.3. The molecule has 30 heavy (non-hydrogen) atoms. The molecule has 1 aliphatic rings. The van der Waals surface area contributed by atoms with Crippen molar-refractivity contribution in [3.63, 3.8) is 0 Å². The fourth-order valence-corrected chi connectivity index (χ4v) is 4.67. The molecule has 0 saturated carbocycles. The minimum absolute atomic E-state index is 0.0934. The number of hydrogen-bond donors (Lipinski definition) is 0. The molecule has 3 heteroatoms. The summed E-state index contributed by atoms with van der Waals surface area (Å²) in [5, 5.41) is 0. The van der Waals surface area contributed by atoms with Crippen LogP contribution in [-0.2, 0) is 12.5 Å². The van der Waals surface area contributed by atoms with Crippen LogP contribution in [0.4, 0.5) is 4.39 Å². The molecule has 0 radical (unpaired) electrons. The third-order valence-electron chi connectivity index (χ3n) is 6.31. The number of rotatable bonds is 2. The Morgan fingerprint density at radius 2 is 1.60 bits per heavy atom. The standard InChI is InChI=1S/C27H24FN2/c1-17-14-24-23(21-6-5-13-29-26(21)27(24,2)3)15-22(17)25-12-9-19(16-30(25)4)18-7-10-20(28)11-8-18/h5-16H,1-4H3/q+1. The fraction of sp³-hybridized carbons (Fsp3) is 0.185. The van der Waals surface area contributed by atoms with Crippen LogP contribution in [0.2, 0.25) is 0 Å². The molecule has 5 rings (SSSR count). The number of pyridine rings is 2. The Balaban J connectivity index is 1.64. The van der Waals surface area contributed by atoms with Crippen molar-refractivity contribution in [2.45, 2.75) is 26.2 Å². The molecule has 1 aliphatic carbocycles. The molecule has 4 aromatic rings. The molecule has 0 fully saturated rings. The Kier molecular flexibility index (Phi) is 4.11. The van der Waals surface area contributed by atoms with Gasteiger partial charge in [-0.05, 0) is 59.5 Å². The summed E-state index contributed by atoms with van der Waals surface area (Å²) >= 11 is 0. The number of nitrogens with zero attached hydrogens (tertiary/aromatic N) is 2. The topological polar surface area (TPSA) is 16.8 Å². The van der Waals surface area contributed by atoms with Crippen molar-refractivity contribution in [2.75, 3.05) is 0 Å². The van der Waals surface area contributed by atoms with Crippen molar-refractivity contribution in [1.82, 2.24) is 4.98 Å². The lowest BCUT2D eigenvalue weighted by molar-refractivity contribution is -0.659. The summed E-state index contributed by atoms with van der Waals surface area (Å²) < 4.78 is 15.4. The SMILES string of the molecule is Cc1cc2c(cc1-c1ccc(-c3ccc(F)cc3)c[n+]1C)-c1cccnc1C2(C)C. The van der Waals surface area contributed by atoms with Crippen molar-refractivity contribution >= 4 is 0 Å². The number of benzene rings is 2. The van der Waals surface area contributed by atoms with Gasteiger partial charge >= 0.3 is 0 Å². The Morgan fingerprint density at radius 3 is 2.33 bits per heavy atom. The largest absolute Gasteiger partial charge is 0.260 e. The highest BCUT2D eigenvalue weighted by atomic mass is 19.1. The van der Waals surface area contributed by atoms with Gasteiger partial charge in [-0.2, -0.15) is 0 Å². The lowest BCUT2D eigenvalue weighted by atomic mass is 9.83. The van der Waals surface area contributed by atoms with Gasteiger partial charge in [0.25, 0.3) is 0 Å². The van der Waals surface area contributed by atoms with Crippen LogP contribution in [0.25, 0.3) is 33.5 Å². The van der Waals surface area contributed by atoms with Gasteiger partial charge in [0.05, 0.1) is 5.69 Å². The summed E-state index contributed by atoms with van der Waals surface area (Å²) in [6, 6.07) is 19.7. The van der Waals surface area contributed by atoms with E-state index in [1.165, 1.54) is 39.9 Å². The smallest absolute Gasteiger partial charge is 0.212 e. The first-order valence-corrected chi connectivity index (χ1v) is 10.2. The third kappa shape index (κ3) is 2.77. The molecule has 2 nitrogen and oxygen atoms in total. The maximum atomic E-state index is 13.3. The first-order chi connectivity index (χ1) is 14.4. The molecular formula is C27H24FN2+. The minimum atomic E-state index is -0.216. The average molecular weight is 396 g/mol. The monoisotopic (exact) mass is 395 g/mol. The molecule has 0 amide bonds. The van der Waals surface area contributed by atoms with Gasteiger partial charge in [-0.15, -0.1) is 0 Å². The predicted octanol–water partition coefficient (Wildman–Crippen LogP) is 5.99. The molecule has 0 unspecified atom stereocenters. The van der Waals surface area contributed by atoms with E-state index in [0.29, 0.717) is 0 Å². The van der Waals surface area contributed by atoms with Gasteiger partial charge in [0.1, 0.15) is 12.9 Å². The van der Waals surface area contributed by atoms with Gasteiger partial charge in [-0.25, -0.2) is 8.96 Å². The summed E-state index contributed by atoms with van der Waals surface area (Å²) in [6.45, 7) is 6.68. The second-order valence-corrected chi connectivity index (χ2v) is 8.66. The average Bonchev–Trinajstić information content (AvgIpc) is 2.95. The molecule has 2 aromatic carbocycles. The summed E-state index contributed by atoms with van der Waals surface area (Å²) in [7, 11) is 2.06. The van der Waals surface area contributed by atoms with Crippen LogP contribution in [-0.4, -0.2) is 4.98 Å². The molecule has 0 N–H and O–H groups in total. The lowest BCUT2D eigenvalue weighted by Crippen LogP contribution is -2.31. The van der Waals surface area contributed by atoms with Crippen molar-refractivity contribution in [2.24, 2.45) is 7.05 Å². The van der Waals surface area contributed by atoms with Crippen molar-refractivity contribution in [1.29, 1.82) is 0 Å². The zero-order valence-corrected chi connectivity index (χ0v) is 17.7. The molecule has 0 bridgehead atoms. The van der Waals surface area contributed by atoms with E-state index in [2.05, 4.69) is 68.9 Å². The van der Waals surface area contributed by atoms with Gasteiger partial charge in [0, 0.05) is 34.4 Å². The molecule has 0 saturated heterocycles. The second-order valence-electron chi connectivity index (χ2n) is 8.66. The predicted molar refractivity (Wildman–Crippen MR) is 119 cm³/mol. The van der Waals surface area contributed by atoms with Crippen molar-refractivity contribution < 1.29 is 8.96 Å². The zero-order valence-electron chi connectivity index (χ0n) is 17.7. The fourth-order valence-electron chi connectivity index (χ4n) is 4.67. The van der Waals surface area contributed by atoms with Crippen molar-refractivity contribution in [3.05, 3.63) is 95.7 Å². The van der Waals surface area contributed by atoms with E-state index in [1.54, 1.807) is 0 Å². The van der Waals surface area contributed by atoms with Crippen LogP contribution >= 0.6 is 0 Å². The number of hydrogen-bond acceptors (Lipinski definition) is 1. The quantitative estimate of drug-likeness (QED) is 0.381. The van der Waals surface area contributed by atoms with Gasteiger partial charge in [-0.1, -0.05) is 38.1 Å². The van der Waals surface area contributed by atoms with Crippen LogP contribution in [0.5, 0.6) is 0 Å². The van der Waals surface area contributed by atoms with E-state index in [9.17, 15) is 4.39 Å². The number of halogens is 1. The van der Waals surface area contributed by atoms with Gasteiger partial charge < -0.3 is 0 Å². The van der Waals surface area contributed by atoms with Gasteiger partial charge in [0.15, 0.2) is 6.20 Å². The van der Waals surface area contributed by atoms with Gasteiger partial charge in [-0.3, -0.25) is 4.98 Å². The molecule has 2 heterocycles. The Bertz CT molecular complexity index is 1290. The van der Waals surface area contributed by atoms with Crippen LogP contribution in [0, 0.1) is 12.7 Å². The second kappa shape index (κ2) is 6.60. The highest BCUT2D eigenvalue weighted by Crippen LogP contribution is 2.49. The van der Waals surface area contributed by atoms with Crippen molar-refractivity contribution in [3.8, 4) is 33.5 Å². The molecule has 2 aromatic heterocycles. The van der Waals surface area contributed by atoms with E-state index in [1.807, 2.05) is 24.4 Å². The maximum Gasteiger partial charge on any atom is 0.212 e. The lowest BCUT2D eigenvalue weighted by Gasteiger charge is -2.21. The van der Waals surface area contributed by atoms with E-state index in [0.717, 1.165) is 22.5 Å². The van der Waals surface area contributed by atoms with E-state index in [4.69, 9.17) is 4.98 Å². The highest BCUT2D eigenvalue weighted by Gasteiger charge is 2.37. The Hall–Kier alpha value is -3.33. The van der Waals surface area contributed by atoms with Crippen LogP contribution < -0.4 is 4.57 Å². The summed E-state index contributed by atoms with van der Waals surface area (Å²) in [5.74, 6) is -0.216. The van der Waals surface area contributed by atoms with E-state index >= 15 is 0 Å². The van der Waals surface area contributed by atoms with Crippen LogP contribution in [0.1, 0.15) is 30.7 Å². The summed E-state index contributed by atoms with van der Waals surface area (Å²) in [4.78, 5) is 4.70. The first kappa shape index (κ1) is 18.7. The van der Waals surface area contributed by atoms with Gasteiger partial charge in [0.2, 0.25) is 5.69 Å². The normalized spacial score (nSPS) is 13.8.